The first-order valence-corrected chi connectivity index (χ1v) is 9.80. The first-order valence-electron chi connectivity index (χ1n) is 8.98. The molecule has 1 amide bonds. The van der Waals surface area contributed by atoms with Gasteiger partial charge in [0.2, 0.25) is 0 Å². The molecule has 0 unspecified atom stereocenters. The number of aromatic nitrogens is 1. The third-order valence-corrected chi connectivity index (χ3v) is 5.73. The zero-order valence-electron chi connectivity index (χ0n) is 14.9. The van der Waals surface area contributed by atoms with E-state index in [1.54, 1.807) is 0 Å². The molecule has 1 saturated heterocycles. The normalized spacial score (nSPS) is 15.3. The lowest BCUT2D eigenvalue weighted by molar-refractivity contribution is -0.892. The first kappa shape index (κ1) is 17.0. The molecule has 5 nitrogen and oxygen atoms in total. The van der Waals surface area contributed by atoms with Gasteiger partial charge in [0, 0.05) is 5.69 Å². The highest BCUT2D eigenvalue weighted by atomic mass is 32.1. The molecule has 6 heteroatoms. The Morgan fingerprint density at radius 1 is 1.19 bits per heavy atom. The highest BCUT2D eigenvalue weighted by molar-refractivity contribution is 7.22. The van der Waals surface area contributed by atoms with Gasteiger partial charge in [0.1, 0.15) is 0 Å². The van der Waals surface area contributed by atoms with E-state index in [1.165, 1.54) is 27.5 Å². The fourth-order valence-corrected chi connectivity index (χ4v) is 4.35. The second-order valence-corrected chi connectivity index (χ2v) is 7.82. The first-order chi connectivity index (χ1) is 12.7. The van der Waals surface area contributed by atoms with Crippen LogP contribution in [-0.4, -0.2) is 43.6 Å². The average Bonchev–Trinajstić information content (AvgIpc) is 3.04. The molecule has 1 fully saturated rings. The van der Waals surface area contributed by atoms with Crippen LogP contribution in [0.5, 0.6) is 0 Å². The van der Waals surface area contributed by atoms with Crippen LogP contribution < -0.4 is 15.1 Å². The molecule has 1 aromatic heterocycles. The minimum atomic E-state index is 0.0453. The van der Waals surface area contributed by atoms with Crippen molar-refractivity contribution in [3.8, 4) is 0 Å². The lowest BCUT2D eigenvalue weighted by Crippen LogP contribution is -3.15. The van der Waals surface area contributed by atoms with Gasteiger partial charge >= 0.3 is 0 Å². The summed E-state index contributed by atoms with van der Waals surface area (Å²) in [4.78, 5) is 20.6. The summed E-state index contributed by atoms with van der Waals surface area (Å²) in [5.74, 6) is 0.0453. The van der Waals surface area contributed by atoms with Gasteiger partial charge in [-0.3, -0.25) is 10.1 Å². The second kappa shape index (κ2) is 7.43. The van der Waals surface area contributed by atoms with Crippen LogP contribution in [0.1, 0.15) is 5.56 Å². The number of fused-ring (bicyclic) bond motifs is 1. The minimum Gasteiger partial charge on any atom is -0.360 e. The molecule has 2 aromatic carbocycles. The number of para-hydroxylation sites is 1. The molecule has 1 aliphatic rings. The van der Waals surface area contributed by atoms with Crippen LogP contribution in [0.4, 0.5) is 10.8 Å². The number of carbonyl (C=O) groups excluding carboxylic acids is 1. The summed E-state index contributed by atoms with van der Waals surface area (Å²) >= 11 is 1.54. The van der Waals surface area contributed by atoms with Gasteiger partial charge in [-0.15, -0.1) is 0 Å². The van der Waals surface area contributed by atoms with Crippen LogP contribution in [0.25, 0.3) is 10.2 Å². The van der Waals surface area contributed by atoms with Crippen LogP contribution >= 0.6 is 11.3 Å². The van der Waals surface area contributed by atoms with Crippen molar-refractivity contribution < 1.29 is 9.69 Å². The number of benzene rings is 2. The van der Waals surface area contributed by atoms with Gasteiger partial charge in [0.05, 0.1) is 36.4 Å². The number of amides is 1. The number of hydrogen-bond donors (Lipinski definition) is 2. The molecular formula is C20H23N4OS+. The van der Waals surface area contributed by atoms with Crippen LogP contribution in [0, 0.1) is 6.92 Å². The molecule has 0 spiro atoms. The largest absolute Gasteiger partial charge is 0.360 e. The third-order valence-electron chi connectivity index (χ3n) is 4.79. The maximum atomic E-state index is 12.4. The molecule has 134 valence electrons. The molecule has 0 bridgehead atoms. The SMILES string of the molecule is Cc1ccc2nc(NC(=O)C[NH+]3CCN(c4ccccc4)CC3)sc2c1. The lowest BCUT2D eigenvalue weighted by atomic mass is 10.2. The zero-order valence-corrected chi connectivity index (χ0v) is 15.7. The molecular weight excluding hydrogens is 344 g/mol. The summed E-state index contributed by atoms with van der Waals surface area (Å²) in [5, 5.41) is 3.67. The van der Waals surface area contributed by atoms with E-state index in [1.807, 2.05) is 18.2 Å². The summed E-state index contributed by atoms with van der Waals surface area (Å²) in [6, 6.07) is 16.6. The summed E-state index contributed by atoms with van der Waals surface area (Å²) in [6.07, 6.45) is 0. The second-order valence-electron chi connectivity index (χ2n) is 6.79. The molecule has 2 N–H and O–H groups in total. The van der Waals surface area contributed by atoms with E-state index in [0.29, 0.717) is 11.7 Å². The van der Waals surface area contributed by atoms with Gasteiger partial charge in [-0.2, -0.15) is 0 Å². The highest BCUT2D eigenvalue weighted by Gasteiger charge is 2.22. The van der Waals surface area contributed by atoms with Crippen molar-refractivity contribution in [2.24, 2.45) is 0 Å². The van der Waals surface area contributed by atoms with E-state index >= 15 is 0 Å². The average molecular weight is 367 g/mol. The quantitative estimate of drug-likeness (QED) is 0.741. The highest BCUT2D eigenvalue weighted by Crippen LogP contribution is 2.26. The van der Waals surface area contributed by atoms with Crippen LogP contribution in [0.15, 0.2) is 48.5 Å². The molecule has 1 aliphatic heterocycles. The molecule has 0 saturated carbocycles. The minimum absolute atomic E-state index is 0.0453. The number of piperazine rings is 1. The molecule has 2 heterocycles. The van der Waals surface area contributed by atoms with Crippen molar-refractivity contribution in [3.05, 3.63) is 54.1 Å². The predicted octanol–water partition coefficient (Wildman–Crippen LogP) is 1.95. The van der Waals surface area contributed by atoms with E-state index in [0.717, 1.165) is 36.4 Å². The number of carbonyl (C=O) groups is 1. The number of aryl methyl sites for hydroxylation is 1. The topological polar surface area (TPSA) is 49.7 Å². The number of thiazole rings is 1. The van der Waals surface area contributed by atoms with Crippen molar-refractivity contribution in [1.82, 2.24) is 4.98 Å². The number of rotatable bonds is 4. The van der Waals surface area contributed by atoms with Gasteiger partial charge < -0.3 is 9.80 Å². The Hall–Kier alpha value is -2.44. The number of quaternary nitrogens is 1. The Balaban J connectivity index is 1.31. The maximum absolute atomic E-state index is 12.4. The predicted molar refractivity (Wildman–Crippen MR) is 107 cm³/mol. The van der Waals surface area contributed by atoms with E-state index < -0.39 is 0 Å². The Morgan fingerprint density at radius 3 is 2.73 bits per heavy atom. The molecule has 0 aliphatic carbocycles. The molecule has 4 rings (SSSR count). The van der Waals surface area contributed by atoms with E-state index in [9.17, 15) is 4.79 Å². The van der Waals surface area contributed by atoms with Crippen molar-refractivity contribution >= 4 is 38.3 Å². The van der Waals surface area contributed by atoms with Crippen LogP contribution in [-0.2, 0) is 4.79 Å². The Morgan fingerprint density at radius 2 is 1.96 bits per heavy atom. The zero-order chi connectivity index (χ0) is 17.9. The Kier molecular flexibility index (Phi) is 4.86. The Labute approximate surface area is 157 Å². The van der Waals surface area contributed by atoms with Crippen LogP contribution in [0.3, 0.4) is 0 Å². The molecule has 3 aromatic rings. The molecule has 26 heavy (non-hydrogen) atoms. The van der Waals surface area contributed by atoms with Crippen molar-refractivity contribution in [2.45, 2.75) is 6.92 Å². The number of nitrogens with one attached hydrogen (secondary N) is 2. The number of hydrogen-bond acceptors (Lipinski definition) is 4. The molecule has 0 radical (unpaired) electrons. The van der Waals surface area contributed by atoms with Gasteiger partial charge in [-0.05, 0) is 36.8 Å². The maximum Gasteiger partial charge on any atom is 0.281 e. The fraction of sp³-hybridized carbons (Fsp3) is 0.300. The molecule has 0 atom stereocenters. The summed E-state index contributed by atoms with van der Waals surface area (Å²) in [5.41, 5.74) is 3.42. The van der Waals surface area contributed by atoms with E-state index in [4.69, 9.17) is 0 Å². The van der Waals surface area contributed by atoms with Crippen LogP contribution in [0.2, 0.25) is 0 Å². The van der Waals surface area contributed by atoms with Gasteiger partial charge in [-0.1, -0.05) is 35.6 Å². The van der Waals surface area contributed by atoms with Gasteiger partial charge in [0.25, 0.3) is 5.91 Å². The van der Waals surface area contributed by atoms with Crippen molar-refractivity contribution in [3.63, 3.8) is 0 Å². The third kappa shape index (κ3) is 3.86. The summed E-state index contributed by atoms with van der Waals surface area (Å²) in [6.45, 7) is 6.47. The lowest BCUT2D eigenvalue weighted by Gasteiger charge is -2.33. The standard InChI is InChI=1S/C20H22N4OS/c1-15-7-8-17-18(13-15)26-20(21-17)22-19(25)14-23-9-11-24(12-10-23)16-5-3-2-4-6-16/h2-8,13H,9-12,14H2,1H3,(H,21,22,25)/p+1. The van der Waals surface area contributed by atoms with Gasteiger partial charge in [0.15, 0.2) is 11.7 Å². The number of nitrogens with zero attached hydrogens (tertiary/aromatic N) is 2. The van der Waals surface area contributed by atoms with Gasteiger partial charge in [-0.25, -0.2) is 4.98 Å². The van der Waals surface area contributed by atoms with Crippen molar-refractivity contribution in [2.75, 3.05) is 42.9 Å². The summed E-state index contributed by atoms with van der Waals surface area (Å²) < 4.78 is 1.11. The smallest absolute Gasteiger partial charge is 0.281 e. The van der Waals surface area contributed by atoms with Crippen molar-refractivity contribution in [1.29, 1.82) is 0 Å². The van der Waals surface area contributed by atoms with E-state index in [-0.39, 0.29) is 5.91 Å². The monoisotopic (exact) mass is 367 g/mol. The Bertz CT molecular complexity index is 901. The number of anilines is 2. The fourth-order valence-electron chi connectivity index (χ4n) is 3.37. The summed E-state index contributed by atoms with van der Waals surface area (Å²) in [7, 11) is 0. The van der Waals surface area contributed by atoms with E-state index in [2.05, 4.69) is 52.5 Å².